The molecule has 5 heteroatoms. The third-order valence-electron chi connectivity index (χ3n) is 4.26. The number of carbonyl (C=O) groups is 1. The first-order valence-electron chi connectivity index (χ1n) is 6.93. The number of hydrogen-bond acceptors (Lipinski definition) is 4. The molecule has 3 N–H and O–H groups in total. The molecule has 0 spiro atoms. The van der Waals surface area contributed by atoms with E-state index >= 15 is 0 Å². The number of carbonyl (C=O) groups excluding carboxylic acids is 1. The van der Waals surface area contributed by atoms with Crippen molar-refractivity contribution in [3.63, 3.8) is 0 Å². The summed E-state index contributed by atoms with van der Waals surface area (Å²) in [7, 11) is 1.98. The standard InChI is InChI=1S/C16H16N4O/c1-19-14(17)9-20-13(3-2-4-15(19)20)10-5-6-12-11(7-10)8-18-16(12)21/h2-7,9,15H,8,17H2,1H3,(H,18,21). The molecule has 3 aliphatic rings. The van der Waals surface area contributed by atoms with Crippen LogP contribution in [0, 0.1) is 0 Å². The highest BCUT2D eigenvalue weighted by atomic mass is 16.1. The van der Waals surface area contributed by atoms with Gasteiger partial charge in [0.15, 0.2) is 0 Å². The Hall–Kier alpha value is -2.69. The van der Waals surface area contributed by atoms with Gasteiger partial charge in [0.05, 0.1) is 5.70 Å². The Kier molecular flexibility index (Phi) is 2.39. The number of nitrogens with zero attached hydrogens (tertiary/aromatic N) is 2. The number of fused-ring (bicyclic) bond motifs is 2. The van der Waals surface area contributed by atoms with Crippen molar-refractivity contribution in [3.05, 3.63) is 65.1 Å². The van der Waals surface area contributed by atoms with E-state index in [4.69, 9.17) is 5.73 Å². The quantitative estimate of drug-likeness (QED) is 0.810. The van der Waals surface area contributed by atoms with Crippen molar-refractivity contribution in [2.75, 3.05) is 7.05 Å². The van der Waals surface area contributed by atoms with Gasteiger partial charge in [0.2, 0.25) is 0 Å². The molecule has 0 aromatic heterocycles. The molecule has 1 amide bonds. The molecule has 3 heterocycles. The largest absolute Gasteiger partial charge is 0.384 e. The lowest BCUT2D eigenvalue weighted by atomic mass is 10.0. The van der Waals surface area contributed by atoms with Crippen molar-refractivity contribution in [3.8, 4) is 0 Å². The smallest absolute Gasteiger partial charge is 0.251 e. The van der Waals surface area contributed by atoms with Crippen LogP contribution in [0.15, 0.2) is 48.4 Å². The number of rotatable bonds is 1. The van der Waals surface area contributed by atoms with Crippen LogP contribution in [0.3, 0.4) is 0 Å². The predicted octanol–water partition coefficient (Wildman–Crippen LogP) is 1.17. The normalized spacial score (nSPS) is 22.7. The SMILES string of the molecule is CN1C(N)=CN2C(c3ccc4c(c3)CNC4=O)=CC=CC12. The van der Waals surface area contributed by atoms with Gasteiger partial charge in [-0.05, 0) is 35.4 Å². The average Bonchev–Trinajstić information content (AvgIpc) is 3.00. The molecular formula is C16H16N4O. The molecule has 3 aliphatic heterocycles. The van der Waals surface area contributed by atoms with Crippen LogP contribution >= 0.6 is 0 Å². The Labute approximate surface area is 123 Å². The number of hydrogen-bond donors (Lipinski definition) is 2. The van der Waals surface area contributed by atoms with E-state index in [9.17, 15) is 4.79 Å². The van der Waals surface area contributed by atoms with E-state index in [1.165, 1.54) is 0 Å². The summed E-state index contributed by atoms with van der Waals surface area (Å²) < 4.78 is 0. The van der Waals surface area contributed by atoms with E-state index in [0.717, 1.165) is 28.2 Å². The minimum Gasteiger partial charge on any atom is -0.384 e. The van der Waals surface area contributed by atoms with Crippen molar-refractivity contribution >= 4 is 11.6 Å². The van der Waals surface area contributed by atoms with Gasteiger partial charge in [-0.3, -0.25) is 4.79 Å². The maximum absolute atomic E-state index is 11.6. The zero-order valence-electron chi connectivity index (χ0n) is 11.7. The van der Waals surface area contributed by atoms with Crippen molar-refractivity contribution in [1.29, 1.82) is 0 Å². The Morgan fingerprint density at radius 3 is 3.10 bits per heavy atom. The summed E-state index contributed by atoms with van der Waals surface area (Å²) in [6.07, 6.45) is 8.31. The Balaban J connectivity index is 1.76. The second kappa shape index (κ2) is 4.15. The molecular weight excluding hydrogens is 264 g/mol. The van der Waals surface area contributed by atoms with Crippen LogP contribution in [0.25, 0.3) is 5.70 Å². The van der Waals surface area contributed by atoms with Crippen LogP contribution in [0.2, 0.25) is 0 Å². The first-order valence-corrected chi connectivity index (χ1v) is 6.93. The summed E-state index contributed by atoms with van der Waals surface area (Å²) in [4.78, 5) is 15.8. The Morgan fingerprint density at radius 2 is 2.24 bits per heavy atom. The number of allylic oxidation sites excluding steroid dienone is 2. The van der Waals surface area contributed by atoms with Crippen LogP contribution in [0.1, 0.15) is 21.5 Å². The van der Waals surface area contributed by atoms with Crippen molar-refractivity contribution in [2.45, 2.75) is 12.7 Å². The molecule has 1 atom stereocenters. The maximum Gasteiger partial charge on any atom is 0.251 e. The summed E-state index contributed by atoms with van der Waals surface area (Å²) >= 11 is 0. The maximum atomic E-state index is 11.6. The van der Waals surface area contributed by atoms with Gasteiger partial charge in [-0.2, -0.15) is 0 Å². The van der Waals surface area contributed by atoms with Gasteiger partial charge in [-0.15, -0.1) is 0 Å². The zero-order valence-corrected chi connectivity index (χ0v) is 11.7. The molecule has 0 radical (unpaired) electrons. The molecule has 0 fully saturated rings. The summed E-state index contributed by atoms with van der Waals surface area (Å²) in [6, 6.07) is 5.97. The number of likely N-dealkylation sites (N-methyl/N-ethyl adjacent to an activating group) is 1. The van der Waals surface area contributed by atoms with Gasteiger partial charge in [-0.25, -0.2) is 0 Å². The first-order chi connectivity index (χ1) is 10.1. The number of amides is 1. The van der Waals surface area contributed by atoms with Crippen LogP contribution in [0.5, 0.6) is 0 Å². The van der Waals surface area contributed by atoms with E-state index < -0.39 is 0 Å². The van der Waals surface area contributed by atoms with Crippen LogP contribution < -0.4 is 11.1 Å². The summed E-state index contributed by atoms with van der Waals surface area (Å²) in [6.45, 7) is 0.604. The van der Waals surface area contributed by atoms with Crippen molar-refractivity contribution in [1.82, 2.24) is 15.1 Å². The van der Waals surface area contributed by atoms with Gasteiger partial charge in [0, 0.05) is 25.4 Å². The average molecular weight is 280 g/mol. The monoisotopic (exact) mass is 280 g/mol. The highest BCUT2D eigenvalue weighted by molar-refractivity contribution is 5.98. The highest BCUT2D eigenvalue weighted by Gasteiger charge is 2.31. The lowest BCUT2D eigenvalue weighted by Gasteiger charge is -2.32. The van der Waals surface area contributed by atoms with E-state index in [1.807, 2.05) is 30.3 Å². The zero-order chi connectivity index (χ0) is 14.6. The van der Waals surface area contributed by atoms with Gasteiger partial charge < -0.3 is 20.9 Å². The fraction of sp³-hybridized carbons (Fsp3) is 0.188. The molecule has 1 unspecified atom stereocenters. The number of nitrogens with two attached hydrogens (primary N) is 1. The summed E-state index contributed by atoms with van der Waals surface area (Å²) in [5.41, 5.74) is 10.0. The summed E-state index contributed by atoms with van der Waals surface area (Å²) in [5.74, 6) is 0.757. The molecule has 4 rings (SSSR count). The molecule has 5 nitrogen and oxygen atoms in total. The van der Waals surface area contributed by atoms with E-state index in [-0.39, 0.29) is 12.1 Å². The molecule has 0 aliphatic carbocycles. The second-order valence-electron chi connectivity index (χ2n) is 5.48. The topological polar surface area (TPSA) is 61.6 Å². The fourth-order valence-electron chi connectivity index (χ4n) is 3.05. The van der Waals surface area contributed by atoms with E-state index in [1.54, 1.807) is 0 Å². The molecule has 1 aromatic carbocycles. The molecule has 0 saturated carbocycles. The van der Waals surface area contributed by atoms with Crippen molar-refractivity contribution < 1.29 is 4.79 Å². The Morgan fingerprint density at radius 1 is 1.38 bits per heavy atom. The predicted molar refractivity (Wildman–Crippen MR) is 80.4 cm³/mol. The molecule has 21 heavy (non-hydrogen) atoms. The molecule has 1 aromatic rings. The fourth-order valence-corrected chi connectivity index (χ4v) is 3.05. The molecule has 0 saturated heterocycles. The van der Waals surface area contributed by atoms with Crippen molar-refractivity contribution in [2.24, 2.45) is 5.73 Å². The minimum absolute atomic E-state index is 0.0111. The summed E-state index contributed by atoms with van der Waals surface area (Å²) in [5, 5.41) is 2.85. The van der Waals surface area contributed by atoms with E-state index in [2.05, 4.69) is 34.5 Å². The van der Waals surface area contributed by atoms with Gasteiger partial charge >= 0.3 is 0 Å². The van der Waals surface area contributed by atoms with Crippen LogP contribution in [0.4, 0.5) is 0 Å². The lowest BCUT2D eigenvalue weighted by molar-refractivity contribution is 0.0966. The molecule has 0 bridgehead atoms. The number of nitrogens with one attached hydrogen (secondary N) is 1. The van der Waals surface area contributed by atoms with Gasteiger partial charge in [0.25, 0.3) is 5.91 Å². The lowest BCUT2D eigenvalue weighted by Crippen LogP contribution is -2.37. The van der Waals surface area contributed by atoms with E-state index in [0.29, 0.717) is 6.54 Å². The van der Waals surface area contributed by atoms with Crippen LogP contribution in [-0.4, -0.2) is 28.9 Å². The molecule has 106 valence electrons. The Bertz CT molecular complexity index is 732. The number of benzene rings is 1. The third-order valence-corrected chi connectivity index (χ3v) is 4.26. The third kappa shape index (κ3) is 1.67. The highest BCUT2D eigenvalue weighted by Crippen LogP contribution is 2.33. The first kappa shape index (κ1) is 12.1. The van der Waals surface area contributed by atoms with Gasteiger partial charge in [0.1, 0.15) is 12.0 Å². The second-order valence-corrected chi connectivity index (χ2v) is 5.48. The van der Waals surface area contributed by atoms with Crippen LogP contribution in [-0.2, 0) is 6.54 Å². The van der Waals surface area contributed by atoms with Gasteiger partial charge in [-0.1, -0.05) is 12.1 Å². The minimum atomic E-state index is 0.0111.